The van der Waals surface area contributed by atoms with E-state index in [1.165, 1.54) is 0 Å². The Morgan fingerprint density at radius 1 is 1.00 bits per heavy atom. The fourth-order valence-electron chi connectivity index (χ4n) is 4.09. The molecule has 0 aromatic carbocycles. The molecule has 1 N–H and O–H groups in total. The lowest BCUT2D eigenvalue weighted by Gasteiger charge is -2.35. The third-order valence-electron chi connectivity index (χ3n) is 5.69. The molecule has 2 bridgehead atoms. The topological polar surface area (TPSA) is 63.6 Å². The summed E-state index contributed by atoms with van der Waals surface area (Å²) in [7, 11) is -6.24. The van der Waals surface area contributed by atoms with Gasteiger partial charge in [0.25, 0.3) is 0 Å². The molecule has 2 aliphatic carbocycles. The summed E-state index contributed by atoms with van der Waals surface area (Å²) in [5, 5.41) is -5.00. The first-order chi connectivity index (χ1) is 12.1. The van der Waals surface area contributed by atoms with E-state index in [1.807, 2.05) is 0 Å². The minimum atomic E-state index is -6.24. The van der Waals surface area contributed by atoms with E-state index in [2.05, 4.69) is 4.74 Å². The number of hydrogen-bond donors (Lipinski definition) is 1. The van der Waals surface area contributed by atoms with Crippen molar-refractivity contribution in [2.24, 2.45) is 17.8 Å². The highest BCUT2D eigenvalue weighted by Gasteiger charge is 2.71. The van der Waals surface area contributed by atoms with E-state index < -0.39 is 46.1 Å². The van der Waals surface area contributed by atoms with Crippen molar-refractivity contribution in [1.29, 1.82) is 0 Å². The molecule has 2 aliphatic rings. The zero-order valence-corrected chi connectivity index (χ0v) is 15.2. The molecular formula is C15H21F7O4S. The van der Waals surface area contributed by atoms with Gasteiger partial charge in [0.05, 0.1) is 0 Å². The van der Waals surface area contributed by atoms with Gasteiger partial charge in [-0.05, 0) is 43.4 Å². The molecule has 0 aromatic heterocycles. The van der Waals surface area contributed by atoms with E-state index in [4.69, 9.17) is 4.55 Å². The Balaban J connectivity index is 2.10. The summed E-state index contributed by atoms with van der Waals surface area (Å²) in [5.74, 6) is -4.80. The third kappa shape index (κ3) is 4.07. The molecule has 0 heterocycles. The molecule has 0 aromatic rings. The number of halogens is 7. The van der Waals surface area contributed by atoms with Crippen LogP contribution in [0.2, 0.25) is 0 Å². The van der Waals surface area contributed by atoms with Crippen LogP contribution in [0.4, 0.5) is 30.7 Å². The highest BCUT2D eigenvalue weighted by molar-refractivity contribution is 7.87. The lowest BCUT2D eigenvalue weighted by Crippen LogP contribution is -2.57. The van der Waals surface area contributed by atoms with E-state index in [9.17, 15) is 39.2 Å². The van der Waals surface area contributed by atoms with Crippen LogP contribution >= 0.6 is 0 Å². The predicted molar refractivity (Wildman–Crippen MR) is 79.8 cm³/mol. The first kappa shape index (κ1) is 22.7. The van der Waals surface area contributed by atoms with Gasteiger partial charge in [-0.3, -0.25) is 4.55 Å². The summed E-state index contributed by atoms with van der Waals surface area (Å²) in [6.07, 6.45) is -12.1. The second kappa shape index (κ2) is 7.01. The molecule has 160 valence electrons. The Morgan fingerprint density at radius 2 is 1.59 bits per heavy atom. The summed E-state index contributed by atoms with van der Waals surface area (Å²) < 4.78 is 130. The summed E-state index contributed by atoms with van der Waals surface area (Å²) in [5.41, 5.74) is 0. The monoisotopic (exact) mass is 430 g/mol. The van der Waals surface area contributed by atoms with Crippen LogP contribution in [0.3, 0.4) is 0 Å². The molecule has 4 unspecified atom stereocenters. The molecule has 0 radical (unpaired) electrons. The molecule has 4 nitrogen and oxygen atoms in total. The Hall–Kier alpha value is -0.620. The molecule has 2 fully saturated rings. The normalized spacial score (nSPS) is 29.1. The number of fused-ring (bicyclic) bond motifs is 2. The predicted octanol–water partition coefficient (Wildman–Crippen LogP) is 5.00. The molecule has 4 atom stereocenters. The van der Waals surface area contributed by atoms with Crippen molar-refractivity contribution in [1.82, 2.24) is 0 Å². The molecule has 2 rings (SSSR count). The van der Waals surface area contributed by atoms with Crippen LogP contribution in [0, 0.1) is 17.8 Å². The number of ether oxygens (including phenoxy) is 1. The van der Waals surface area contributed by atoms with E-state index in [0.717, 1.165) is 19.3 Å². The van der Waals surface area contributed by atoms with E-state index in [1.54, 1.807) is 0 Å². The van der Waals surface area contributed by atoms with Crippen molar-refractivity contribution in [2.45, 2.75) is 75.0 Å². The number of rotatable bonds is 9. The molecule has 0 amide bonds. The van der Waals surface area contributed by atoms with Crippen LogP contribution < -0.4 is 0 Å². The standard InChI is InChI=1S/C15H21F7O4S/c1-2-13(18,27(23,24)25)15(21,22)26-14(19,20)12(16,17)6-5-11-8-9-3-4-10(11)7-9/h9-11H,2-8H2,1H3,(H,23,24,25). The van der Waals surface area contributed by atoms with Crippen molar-refractivity contribution < 1.29 is 48.4 Å². The van der Waals surface area contributed by atoms with Gasteiger partial charge in [0.15, 0.2) is 0 Å². The maximum absolute atomic E-state index is 14.0. The van der Waals surface area contributed by atoms with Crippen LogP contribution in [-0.4, -0.2) is 36.1 Å². The summed E-state index contributed by atoms with van der Waals surface area (Å²) in [4.78, 5) is 0. The van der Waals surface area contributed by atoms with Crippen molar-refractivity contribution >= 4 is 10.1 Å². The second-order valence-electron chi connectivity index (χ2n) is 7.37. The lowest BCUT2D eigenvalue weighted by atomic mass is 9.84. The molecular weight excluding hydrogens is 409 g/mol. The van der Waals surface area contributed by atoms with Crippen LogP contribution in [0.25, 0.3) is 0 Å². The number of hydrogen-bond acceptors (Lipinski definition) is 3. The summed E-state index contributed by atoms with van der Waals surface area (Å²) in [6.45, 7) is 0.496. The van der Waals surface area contributed by atoms with E-state index in [0.29, 0.717) is 19.3 Å². The van der Waals surface area contributed by atoms with Gasteiger partial charge in [0, 0.05) is 12.8 Å². The minimum Gasteiger partial charge on any atom is -0.283 e. The molecule has 2 saturated carbocycles. The van der Waals surface area contributed by atoms with Crippen LogP contribution in [0.1, 0.15) is 51.9 Å². The average Bonchev–Trinajstić information content (AvgIpc) is 3.12. The van der Waals surface area contributed by atoms with E-state index >= 15 is 0 Å². The first-order valence-electron chi connectivity index (χ1n) is 8.56. The van der Waals surface area contributed by atoms with Crippen molar-refractivity contribution in [3.05, 3.63) is 0 Å². The van der Waals surface area contributed by atoms with Crippen molar-refractivity contribution in [2.75, 3.05) is 0 Å². The zero-order chi connectivity index (χ0) is 20.9. The van der Waals surface area contributed by atoms with Crippen molar-refractivity contribution in [3.63, 3.8) is 0 Å². The van der Waals surface area contributed by atoms with Crippen LogP contribution in [0.5, 0.6) is 0 Å². The van der Waals surface area contributed by atoms with Gasteiger partial charge in [-0.25, -0.2) is 9.13 Å². The van der Waals surface area contributed by atoms with Crippen LogP contribution in [0.15, 0.2) is 0 Å². The van der Waals surface area contributed by atoms with Gasteiger partial charge in [0.1, 0.15) is 0 Å². The minimum absolute atomic E-state index is 0.139. The van der Waals surface area contributed by atoms with Gasteiger partial charge in [-0.1, -0.05) is 13.3 Å². The van der Waals surface area contributed by atoms with Gasteiger partial charge < -0.3 is 0 Å². The fourth-order valence-corrected chi connectivity index (χ4v) is 4.80. The Labute approximate surface area is 152 Å². The second-order valence-corrected chi connectivity index (χ2v) is 8.97. The lowest BCUT2D eigenvalue weighted by molar-refractivity contribution is -0.446. The zero-order valence-electron chi connectivity index (χ0n) is 14.4. The maximum atomic E-state index is 14.0. The fraction of sp³-hybridized carbons (Fsp3) is 1.00. The van der Waals surface area contributed by atoms with Crippen molar-refractivity contribution in [3.8, 4) is 0 Å². The quantitative estimate of drug-likeness (QED) is 0.413. The first-order valence-corrected chi connectivity index (χ1v) is 10.00. The SMILES string of the molecule is CCC(F)(C(F)(F)OC(F)(F)C(F)(F)CCC1CC2CCC1C2)S(=O)(=O)O. The molecule has 0 spiro atoms. The molecule has 0 saturated heterocycles. The maximum Gasteiger partial charge on any atom is 0.423 e. The van der Waals surface area contributed by atoms with Crippen LogP contribution in [-0.2, 0) is 14.9 Å². The molecule has 12 heteroatoms. The van der Waals surface area contributed by atoms with Gasteiger partial charge in [-0.2, -0.15) is 34.8 Å². The van der Waals surface area contributed by atoms with E-state index in [-0.39, 0.29) is 18.3 Å². The largest absolute Gasteiger partial charge is 0.423 e. The molecule has 0 aliphatic heterocycles. The van der Waals surface area contributed by atoms with Gasteiger partial charge >= 0.3 is 33.3 Å². The number of alkyl halides is 7. The summed E-state index contributed by atoms with van der Waals surface area (Å²) >= 11 is 0. The third-order valence-corrected chi connectivity index (χ3v) is 7.04. The average molecular weight is 430 g/mol. The van der Waals surface area contributed by atoms with Gasteiger partial charge in [0.2, 0.25) is 0 Å². The Bertz CT molecular complexity index is 655. The highest BCUT2D eigenvalue weighted by Crippen LogP contribution is 2.53. The van der Waals surface area contributed by atoms with Gasteiger partial charge in [-0.15, -0.1) is 0 Å². The Kier molecular flexibility index (Phi) is 5.89. The smallest absolute Gasteiger partial charge is 0.283 e. The highest BCUT2D eigenvalue weighted by atomic mass is 32.2. The Morgan fingerprint density at radius 3 is 2.00 bits per heavy atom. The molecule has 27 heavy (non-hydrogen) atoms. The summed E-state index contributed by atoms with van der Waals surface area (Å²) in [6, 6.07) is 0.